The van der Waals surface area contributed by atoms with Crippen molar-refractivity contribution in [2.75, 3.05) is 5.32 Å². The molecule has 0 bridgehead atoms. The van der Waals surface area contributed by atoms with Crippen molar-refractivity contribution in [2.24, 2.45) is 0 Å². The third kappa shape index (κ3) is 4.29. The number of carboxylic acid groups (broad SMARTS) is 1. The molecule has 0 aliphatic rings. The second-order valence-corrected chi connectivity index (χ2v) is 6.26. The van der Waals surface area contributed by atoms with Crippen molar-refractivity contribution in [3.8, 4) is 11.8 Å². The number of imidazole rings is 1. The highest BCUT2D eigenvalue weighted by molar-refractivity contribution is 6.04. The summed E-state index contributed by atoms with van der Waals surface area (Å²) in [6.45, 7) is 3.09. The predicted octanol–water partition coefficient (Wildman–Crippen LogP) is 2.03. The first kappa shape index (κ1) is 18.1. The number of nitrogens with zero attached hydrogens (tertiary/aromatic N) is 2. The van der Waals surface area contributed by atoms with E-state index in [0.717, 1.165) is 0 Å². The van der Waals surface area contributed by atoms with Crippen LogP contribution in [0.15, 0.2) is 36.4 Å². The molecule has 0 spiro atoms. The molecule has 2 aromatic heterocycles. The van der Waals surface area contributed by atoms with E-state index in [1.807, 2.05) is 0 Å². The van der Waals surface area contributed by atoms with Crippen LogP contribution in [0.4, 0.5) is 5.95 Å². The molecule has 2 heterocycles. The lowest BCUT2D eigenvalue weighted by molar-refractivity contribution is 0.0698. The first-order chi connectivity index (χ1) is 12.7. The summed E-state index contributed by atoms with van der Waals surface area (Å²) < 4.78 is 0. The van der Waals surface area contributed by atoms with E-state index in [4.69, 9.17) is 0 Å². The number of benzene rings is 1. The standard InChI is InChI=1S/C19H16N4O4/c1-19(2,27)10-9-11-5-3-8-14(20-11)16(24)23-18-21-13-7-4-6-12(17(25)26)15(13)22-18/h3-8,27H,1-2H3,(H,25,26)(H2,21,22,23,24). The smallest absolute Gasteiger partial charge is 0.337 e. The van der Waals surface area contributed by atoms with E-state index in [1.165, 1.54) is 12.1 Å². The van der Waals surface area contributed by atoms with Crippen molar-refractivity contribution in [3.63, 3.8) is 0 Å². The molecule has 0 fully saturated rings. The van der Waals surface area contributed by atoms with E-state index >= 15 is 0 Å². The van der Waals surface area contributed by atoms with Gasteiger partial charge in [-0.1, -0.05) is 18.1 Å². The summed E-state index contributed by atoms with van der Waals surface area (Å²) in [5, 5.41) is 21.4. The van der Waals surface area contributed by atoms with Crippen LogP contribution in [-0.2, 0) is 0 Å². The number of anilines is 1. The molecule has 8 nitrogen and oxygen atoms in total. The molecule has 0 radical (unpaired) electrons. The summed E-state index contributed by atoms with van der Waals surface area (Å²) in [7, 11) is 0. The number of pyridine rings is 1. The molecule has 0 saturated carbocycles. The van der Waals surface area contributed by atoms with Crippen molar-refractivity contribution in [3.05, 3.63) is 53.3 Å². The first-order valence-electron chi connectivity index (χ1n) is 7.99. The molecule has 136 valence electrons. The molecule has 0 aliphatic carbocycles. The molecule has 0 unspecified atom stereocenters. The average Bonchev–Trinajstić information content (AvgIpc) is 3.01. The third-order valence-corrected chi connectivity index (χ3v) is 3.45. The van der Waals surface area contributed by atoms with Gasteiger partial charge < -0.3 is 15.2 Å². The largest absolute Gasteiger partial charge is 0.478 e. The first-order valence-corrected chi connectivity index (χ1v) is 7.99. The Bertz CT molecular complexity index is 1100. The zero-order valence-corrected chi connectivity index (χ0v) is 14.6. The third-order valence-electron chi connectivity index (χ3n) is 3.45. The Morgan fingerprint density at radius 2 is 1.89 bits per heavy atom. The molecule has 1 aromatic carbocycles. The number of nitrogens with one attached hydrogen (secondary N) is 2. The van der Waals surface area contributed by atoms with E-state index in [0.29, 0.717) is 11.2 Å². The Morgan fingerprint density at radius 1 is 1.15 bits per heavy atom. The Hall–Kier alpha value is -3.70. The van der Waals surface area contributed by atoms with Gasteiger partial charge in [0.15, 0.2) is 0 Å². The lowest BCUT2D eigenvalue weighted by Crippen LogP contribution is -2.16. The van der Waals surface area contributed by atoms with E-state index in [-0.39, 0.29) is 22.7 Å². The second kappa shape index (κ2) is 6.90. The molecule has 4 N–H and O–H groups in total. The van der Waals surface area contributed by atoms with E-state index < -0.39 is 17.5 Å². The molecule has 1 amide bonds. The van der Waals surface area contributed by atoms with Gasteiger partial charge in [0.25, 0.3) is 5.91 Å². The van der Waals surface area contributed by atoms with Crippen LogP contribution in [0.1, 0.15) is 40.4 Å². The van der Waals surface area contributed by atoms with Crippen molar-refractivity contribution in [1.29, 1.82) is 0 Å². The van der Waals surface area contributed by atoms with Crippen molar-refractivity contribution < 1.29 is 19.8 Å². The average molecular weight is 364 g/mol. The summed E-state index contributed by atoms with van der Waals surface area (Å²) in [4.78, 5) is 34.8. The van der Waals surface area contributed by atoms with Gasteiger partial charge in [0.05, 0.1) is 11.1 Å². The molecule has 0 saturated heterocycles. The number of aliphatic hydroxyl groups is 1. The van der Waals surface area contributed by atoms with Crippen molar-refractivity contribution >= 4 is 28.9 Å². The minimum atomic E-state index is -1.17. The number of carbonyl (C=O) groups is 2. The molecule has 8 heteroatoms. The zero-order valence-electron chi connectivity index (χ0n) is 14.6. The number of carbonyl (C=O) groups excluding carboxylic acids is 1. The van der Waals surface area contributed by atoms with E-state index in [1.54, 1.807) is 38.1 Å². The fourth-order valence-electron chi connectivity index (χ4n) is 2.28. The molecule has 27 heavy (non-hydrogen) atoms. The van der Waals surface area contributed by atoms with Crippen molar-refractivity contribution in [1.82, 2.24) is 15.0 Å². The summed E-state index contributed by atoms with van der Waals surface area (Å²) in [5.74, 6) is 3.80. The number of para-hydroxylation sites is 1. The molecule has 0 atom stereocenters. The summed E-state index contributed by atoms with van der Waals surface area (Å²) >= 11 is 0. The minimum absolute atomic E-state index is 0.0336. The van der Waals surface area contributed by atoms with Crippen LogP contribution >= 0.6 is 0 Å². The number of hydrogen-bond acceptors (Lipinski definition) is 5. The van der Waals surface area contributed by atoms with E-state index in [2.05, 4.69) is 32.1 Å². The van der Waals surface area contributed by atoms with Gasteiger partial charge >= 0.3 is 5.97 Å². The number of aromatic carboxylic acids is 1. The number of carboxylic acids is 1. The Kier molecular flexibility index (Phi) is 4.62. The van der Waals surface area contributed by atoms with Crippen LogP contribution in [0.25, 0.3) is 11.0 Å². The number of fused-ring (bicyclic) bond motifs is 1. The van der Waals surface area contributed by atoms with Crippen molar-refractivity contribution in [2.45, 2.75) is 19.4 Å². The van der Waals surface area contributed by atoms with Crippen LogP contribution in [-0.4, -0.2) is 42.6 Å². The highest BCUT2D eigenvalue weighted by atomic mass is 16.4. The van der Waals surface area contributed by atoms with Gasteiger partial charge in [-0.2, -0.15) is 0 Å². The minimum Gasteiger partial charge on any atom is -0.478 e. The molecule has 3 rings (SSSR count). The van der Waals surface area contributed by atoms with Gasteiger partial charge in [0.2, 0.25) is 5.95 Å². The molecule has 3 aromatic rings. The lowest BCUT2D eigenvalue weighted by atomic mass is 10.1. The lowest BCUT2D eigenvalue weighted by Gasteiger charge is -2.06. The highest BCUT2D eigenvalue weighted by Crippen LogP contribution is 2.19. The van der Waals surface area contributed by atoms with Crippen LogP contribution in [0.5, 0.6) is 0 Å². The number of aromatic nitrogens is 3. The van der Waals surface area contributed by atoms with Gasteiger partial charge in [-0.15, -0.1) is 0 Å². The number of rotatable bonds is 3. The second-order valence-electron chi connectivity index (χ2n) is 6.26. The summed E-state index contributed by atoms with van der Waals surface area (Å²) in [6, 6.07) is 9.43. The monoisotopic (exact) mass is 364 g/mol. The normalized spacial score (nSPS) is 10.9. The quantitative estimate of drug-likeness (QED) is 0.527. The number of aromatic amines is 1. The zero-order chi connectivity index (χ0) is 19.6. The fourth-order valence-corrected chi connectivity index (χ4v) is 2.28. The van der Waals surface area contributed by atoms with Gasteiger partial charge in [0.1, 0.15) is 22.5 Å². The fraction of sp³-hybridized carbons (Fsp3) is 0.158. The topological polar surface area (TPSA) is 128 Å². The summed E-state index contributed by atoms with van der Waals surface area (Å²) in [6.07, 6.45) is 0. The Morgan fingerprint density at radius 3 is 2.59 bits per heavy atom. The molecular formula is C19H16N4O4. The maximum Gasteiger partial charge on any atom is 0.337 e. The van der Waals surface area contributed by atoms with Crippen LogP contribution in [0.2, 0.25) is 0 Å². The van der Waals surface area contributed by atoms with Gasteiger partial charge in [-0.3, -0.25) is 10.1 Å². The van der Waals surface area contributed by atoms with Crippen LogP contribution in [0.3, 0.4) is 0 Å². The number of H-pyrrole nitrogens is 1. The SMILES string of the molecule is CC(C)(O)C#Cc1cccc(C(=O)Nc2nc3c(C(=O)O)cccc3[nH]2)n1. The maximum atomic E-state index is 12.4. The Labute approximate surface area is 154 Å². The highest BCUT2D eigenvalue weighted by Gasteiger charge is 2.15. The van der Waals surface area contributed by atoms with Gasteiger partial charge in [-0.05, 0) is 44.0 Å². The number of amides is 1. The van der Waals surface area contributed by atoms with Crippen LogP contribution in [0, 0.1) is 11.8 Å². The molecule has 0 aliphatic heterocycles. The van der Waals surface area contributed by atoms with E-state index in [9.17, 15) is 19.8 Å². The predicted molar refractivity (Wildman–Crippen MR) is 98.4 cm³/mol. The Balaban J connectivity index is 1.85. The molecular weight excluding hydrogens is 348 g/mol. The van der Waals surface area contributed by atoms with Crippen LogP contribution < -0.4 is 5.32 Å². The van der Waals surface area contributed by atoms with Gasteiger partial charge in [-0.25, -0.2) is 14.8 Å². The number of hydrogen-bond donors (Lipinski definition) is 4. The maximum absolute atomic E-state index is 12.4. The summed E-state index contributed by atoms with van der Waals surface area (Å²) in [5.41, 5.74) is 0.0436. The van der Waals surface area contributed by atoms with Gasteiger partial charge in [0, 0.05) is 0 Å².